The van der Waals surface area contributed by atoms with Gasteiger partial charge < -0.3 is 11.1 Å². The lowest BCUT2D eigenvalue weighted by Gasteiger charge is -2.20. The molecule has 0 atom stereocenters. The standard InChI is InChI=1S/C10H15BrN2OS/c1-10(2,6-12)4-8(14)13-9-3-7(11)5-15-9/h3,5H,4,6,12H2,1-2H3,(H,13,14). The van der Waals surface area contributed by atoms with Crippen LogP contribution in [0.5, 0.6) is 0 Å². The van der Waals surface area contributed by atoms with Crippen molar-refractivity contribution in [2.45, 2.75) is 20.3 Å². The summed E-state index contributed by atoms with van der Waals surface area (Å²) in [6, 6.07) is 1.89. The third-order valence-electron chi connectivity index (χ3n) is 2.02. The molecular formula is C10H15BrN2OS. The second-order valence-corrected chi connectivity index (χ2v) is 6.05. The predicted octanol–water partition coefficient (Wildman–Crippen LogP) is 2.82. The first kappa shape index (κ1) is 12.7. The third kappa shape index (κ3) is 4.32. The van der Waals surface area contributed by atoms with E-state index in [4.69, 9.17) is 5.73 Å². The molecule has 1 heterocycles. The summed E-state index contributed by atoms with van der Waals surface area (Å²) in [5.74, 6) is 0.0137. The SMILES string of the molecule is CC(C)(CN)CC(=O)Nc1cc(Br)cs1. The third-order valence-corrected chi connectivity index (χ3v) is 3.63. The van der Waals surface area contributed by atoms with Crippen molar-refractivity contribution in [3.05, 3.63) is 15.9 Å². The first-order valence-electron chi connectivity index (χ1n) is 4.67. The Labute approximate surface area is 102 Å². The second kappa shape index (κ2) is 5.09. The summed E-state index contributed by atoms with van der Waals surface area (Å²) >= 11 is 4.84. The molecule has 5 heteroatoms. The Morgan fingerprint density at radius 1 is 1.67 bits per heavy atom. The van der Waals surface area contributed by atoms with Crippen molar-refractivity contribution in [1.82, 2.24) is 0 Å². The van der Waals surface area contributed by atoms with Crippen LogP contribution in [-0.2, 0) is 4.79 Å². The molecule has 0 aliphatic heterocycles. The van der Waals surface area contributed by atoms with E-state index in [-0.39, 0.29) is 11.3 Å². The number of carbonyl (C=O) groups excluding carboxylic acids is 1. The molecule has 0 spiro atoms. The smallest absolute Gasteiger partial charge is 0.225 e. The van der Waals surface area contributed by atoms with Crippen molar-refractivity contribution in [1.29, 1.82) is 0 Å². The van der Waals surface area contributed by atoms with Crippen LogP contribution in [0.3, 0.4) is 0 Å². The lowest BCUT2D eigenvalue weighted by Crippen LogP contribution is -2.29. The fraction of sp³-hybridized carbons (Fsp3) is 0.500. The molecular weight excluding hydrogens is 276 g/mol. The van der Waals surface area contributed by atoms with Crippen LogP contribution in [0.2, 0.25) is 0 Å². The Morgan fingerprint density at radius 2 is 2.33 bits per heavy atom. The lowest BCUT2D eigenvalue weighted by atomic mass is 9.89. The lowest BCUT2D eigenvalue weighted by molar-refractivity contribution is -0.117. The minimum absolute atomic E-state index is 0.0137. The average molecular weight is 291 g/mol. The highest BCUT2D eigenvalue weighted by molar-refractivity contribution is 9.10. The molecule has 0 radical (unpaired) electrons. The van der Waals surface area contributed by atoms with E-state index >= 15 is 0 Å². The van der Waals surface area contributed by atoms with Gasteiger partial charge in [-0.3, -0.25) is 4.79 Å². The van der Waals surface area contributed by atoms with Crippen LogP contribution in [0.25, 0.3) is 0 Å². The zero-order chi connectivity index (χ0) is 11.5. The number of amides is 1. The molecule has 1 aromatic rings. The molecule has 0 unspecified atom stereocenters. The molecule has 0 fully saturated rings. The van der Waals surface area contributed by atoms with Crippen molar-refractivity contribution < 1.29 is 4.79 Å². The first-order valence-corrected chi connectivity index (χ1v) is 6.34. The summed E-state index contributed by atoms with van der Waals surface area (Å²) in [5.41, 5.74) is 5.43. The molecule has 3 nitrogen and oxygen atoms in total. The van der Waals surface area contributed by atoms with Crippen LogP contribution in [0.15, 0.2) is 15.9 Å². The number of rotatable bonds is 4. The van der Waals surface area contributed by atoms with Gasteiger partial charge in [0.1, 0.15) is 0 Å². The minimum atomic E-state index is -0.140. The van der Waals surface area contributed by atoms with Crippen LogP contribution >= 0.6 is 27.3 Å². The summed E-state index contributed by atoms with van der Waals surface area (Å²) in [4.78, 5) is 11.6. The summed E-state index contributed by atoms with van der Waals surface area (Å²) < 4.78 is 0.987. The molecule has 0 saturated carbocycles. The van der Waals surface area contributed by atoms with E-state index in [2.05, 4.69) is 21.2 Å². The van der Waals surface area contributed by atoms with Crippen LogP contribution in [-0.4, -0.2) is 12.5 Å². The fourth-order valence-electron chi connectivity index (χ4n) is 1.07. The number of thiophene rings is 1. The highest BCUT2D eigenvalue weighted by atomic mass is 79.9. The zero-order valence-electron chi connectivity index (χ0n) is 8.84. The Hall–Kier alpha value is -0.390. The molecule has 1 rings (SSSR count). The van der Waals surface area contributed by atoms with Crippen LogP contribution < -0.4 is 11.1 Å². The number of nitrogens with one attached hydrogen (secondary N) is 1. The molecule has 3 N–H and O–H groups in total. The van der Waals surface area contributed by atoms with Gasteiger partial charge >= 0.3 is 0 Å². The van der Waals surface area contributed by atoms with Gasteiger partial charge in [-0.1, -0.05) is 13.8 Å². The Bertz CT molecular complexity index is 349. The molecule has 84 valence electrons. The van der Waals surface area contributed by atoms with E-state index in [9.17, 15) is 4.79 Å². The highest BCUT2D eigenvalue weighted by Gasteiger charge is 2.20. The van der Waals surface area contributed by atoms with E-state index < -0.39 is 0 Å². The molecule has 15 heavy (non-hydrogen) atoms. The van der Waals surface area contributed by atoms with Gasteiger partial charge in [0.2, 0.25) is 5.91 Å². The van der Waals surface area contributed by atoms with Gasteiger partial charge in [-0.15, -0.1) is 11.3 Å². The van der Waals surface area contributed by atoms with Gasteiger partial charge in [0.15, 0.2) is 0 Å². The number of anilines is 1. The van der Waals surface area contributed by atoms with Gasteiger partial charge in [0.25, 0.3) is 0 Å². The molecule has 0 aliphatic rings. The number of nitrogens with two attached hydrogens (primary N) is 1. The van der Waals surface area contributed by atoms with E-state index in [0.717, 1.165) is 9.47 Å². The van der Waals surface area contributed by atoms with E-state index in [1.807, 2.05) is 25.3 Å². The molecule has 0 bridgehead atoms. The maximum atomic E-state index is 11.6. The van der Waals surface area contributed by atoms with Gasteiger partial charge in [-0.05, 0) is 34.0 Å². The molecule has 0 saturated heterocycles. The Morgan fingerprint density at radius 3 is 2.80 bits per heavy atom. The van der Waals surface area contributed by atoms with Gasteiger partial charge in [-0.25, -0.2) is 0 Å². The van der Waals surface area contributed by atoms with Crippen LogP contribution in [0, 0.1) is 5.41 Å². The highest BCUT2D eigenvalue weighted by Crippen LogP contribution is 2.26. The molecule has 1 amide bonds. The fourth-order valence-corrected chi connectivity index (χ4v) is 2.40. The van der Waals surface area contributed by atoms with Crippen molar-refractivity contribution in [3.8, 4) is 0 Å². The first-order chi connectivity index (χ1) is 6.93. The minimum Gasteiger partial charge on any atom is -0.330 e. The quantitative estimate of drug-likeness (QED) is 0.896. The summed E-state index contributed by atoms with van der Waals surface area (Å²) in [7, 11) is 0. The van der Waals surface area contributed by atoms with Gasteiger partial charge in [0, 0.05) is 16.3 Å². The normalized spacial score (nSPS) is 11.5. The number of carbonyl (C=O) groups is 1. The van der Waals surface area contributed by atoms with E-state index in [0.29, 0.717) is 13.0 Å². The maximum absolute atomic E-state index is 11.6. The Balaban J connectivity index is 2.50. The van der Waals surface area contributed by atoms with Gasteiger partial charge in [0.05, 0.1) is 5.00 Å². The summed E-state index contributed by atoms with van der Waals surface area (Å²) in [5, 5.41) is 5.64. The van der Waals surface area contributed by atoms with Crippen molar-refractivity contribution in [2.24, 2.45) is 11.1 Å². The monoisotopic (exact) mass is 290 g/mol. The molecule has 1 aromatic heterocycles. The second-order valence-electron chi connectivity index (χ2n) is 4.22. The largest absolute Gasteiger partial charge is 0.330 e. The summed E-state index contributed by atoms with van der Waals surface area (Å²) in [6.07, 6.45) is 0.443. The maximum Gasteiger partial charge on any atom is 0.225 e. The summed E-state index contributed by atoms with van der Waals surface area (Å²) in [6.45, 7) is 4.47. The topological polar surface area (TPSA) is 55.1 Å². The predicted molar refractivity (Wildman–Crippen MR) is 68.1 cm³/mol. The van der Waals surface area contributed by atoms with E-state index in [1.54, 1.807) is 0 Å². The van der Waals surface area contributed by atoms with Crippen LogP contribution in [0.1, 0.15) is 20.3 Å². The number of hydrogen-bond acceptors (Lipinski definition) is 3. The molecule has 0 aliphatic carbocycles. The number of halogens is 1. The van der Waals surface area contributed by atoms with Gasteiger partial charge in [-0.2, -0.15) is 0 Å². The van der Waals surface area contributed by atoms with E-state index in [1.165, 1.54) is 11.3 Å². The molecule has 0 aromatic carbocycles. The van der Waals surface area contributed by atoms with Crippen LogP contribution in [0.4, 0.5) is 5.00 Å². The Kier molecular flexibility index (Phi) is 4.31. The van der Waals surface area contributed by atoms with Crippen molar-refractivity contribution >= 4 is 38.2 Å². The number of hydrogen-bond donors (Lipinski definition) is 2. The van der Waals surface area contributed by atoms with Crippen molar-refractivity contribution in [3.63, 3.8) is 0 Å². The average Bonchev–Trinajstić information content (AvgIpc) is 2.50. The van der Waals surface area contributed by atoms with Crippen molar-refractivity contribution in [2.75, 3.05) is 11.9 Å². The zero-order valence-corrected chi connectivity index (χ0v) is 11.2.